The molecule has 0 saturated heterocycles. The third-order valence-corrected chi connectivity index (χ3v) is 3.90. The predicted octanol–water partition coefficient (Wildman–Crippen LogP) is 3.42. The molecule has 0 aromatic carbocycles. The lowest BCUT2D eigenvalue weighted by Crippen LogP contribution is -2.27. The lowest BCUT2D eigenvalue weighted by Gasteiger charge is -2.30. The van der Waals surface area contributed by atoms with E-state index in [4.69, 9.17) is 4.74 Å². The zero-order valence-electron chi connectivity index (χ0n) is 15.0. The number of aromatic amines is 1. The maximum Gasteiger partial charge on any atom is 0.183 e. The Kier molecular flexibility index (Phi) is 7.75. The highest BCUT2D eigenvalue weighted by Crippen LogP contribution is 2.24. The van der Waals surface area contributed by atoms with Crippen molar-refractivity contribution in [1.29, 1.82) is 0 Å². The molecule has 0 aliphatic rings. The fraction of sp³-hybridized carbons (Fsp3) is 0.556. The van der Waals surface area contributed by atoms with Gasteiger partial charge in [0.1, 0.15) is 12.4 Å². The number of Topliss-reactive ketones (excluding diaryl/α,β-unsaturated/α-hetero) is 1. The second-order valence-corrected chi connectivity index (χ2v) is 5.69. The molecule has 0 aliphatic heterocycles. The number of carbonyl (C=O) groups excluding carboxylic acids is 1. The summed E-state index contributed by atoms with van der Waals surface area (Å²) in [6.07, 6.45) is 5.36. The monoisotopic (exact) mass is 319 g/mol. The second kappa shape index (κ2) is 9.30. The molecule has 1 aromatic rings. The Bertz CT molecular complexity index is 560. The van der Waals surface area contributed by atoms with E-state index in [1.807, 2.05) is 26.1 Å². The molecule has 0 radical (unpaired) electrons. The van der Waals surface area contributed by atoms with Crippen LogP contribution in [0, 0.1) is 0 Å². The fourth-order valence-corrected chi connectivity index (χ4v) is 2.59. The molecule has 128 valence electrons. The molecule has 5 nitrogen and oxygen atoms in total. The van der Waals surface area contributed by atoms with Crippen molar-refractivity contribution < 1.29 is 9.53 Å². The van der Waals surface area contributed by atoms with Gasteiger partial charge in [-0.1, -0.05) is 19.6 Å². The number of hydrogen-bond acceptors (Lipinski definition) is 4. The smallest absolute Gasteiger partial charge is 0.183 e. The van der Waals surface area contributed by atoms with Crippen LogP contribution in [-0.2, 0) is 16.0 Å². The number of ketones is 1. The summed E-state index contributed by atoms with van der Waals surface area (Å²) < 4.78 is 4.86. The molecule has 1 heterocycles. The third-order valence-electron chi connectivity index (χ3n) is 3.90. The number of nitrogens with one attached hydrogen (secondary N) is 1. The Morgan fingerprint density at radius 3 is 2.70 bits per heavy atom. The molecule has 0 amide bonds. The molecule has 1 N–H and O–H groups in total. The van der Waals surface area contributed by atoms with Crippen molar-refractivity contribution in [3.8, 4) is 0 Å². The number of imidazole rings is 1. The number of carbonyl (C=O) groups is 1. The van der Waals surface area contributed by atoms with Crippen LogP contribution in [0.1, 0.15) is 51.7 Å². The third kappa shape index (κ3) is 5.36. The van der Waals surface area contributed by atoms with Crippen LogP contribution in [0.5, 0.6) is 0 Å². The molecule has 0 fully saturated rings. The largest absolute Gasteiger partial charge is 0.377 e. The molecule has 0 unspecified atom stereocenters. The van der Waals surface area contributed by atoms with E-state index < -0.39 is 0 Å². The van der Waals surface area contributed by atoms with Gasteiger partial charge in [-0.3, -0.25) is 4.79 Å². The second-order valence-electron chi connectivity index (χ2n) is 5.69. The summed E-state index contributed by atoms with van der Waals surface area (Å²) in [6.45, 7) is 13.2. The number of hydrogen-bond donors (Lipinski definition) is 1. The quantitative estimate of drug-likeness (QED) is 0.671. The van der Waals surface area contributed by atoms with Crippen LogP contribution in [0.3, 0.4) is 0 Å². The molecule has 0 saturated carbocycles. The van der Waals surface area contributed by atoms with Gasteiger partial charge in [-0.2, -0.15) is 0 Å². The average molecular weight is 319 g/mol. The molecular formula is C18H29N3O2. The van der Waals surface area contributed by atoms with Gasteiger partial charge in [-0.05, 0) is 32.8 Å². The van der Waals surface area contributed by atoms with Gasteiger partial charge in [0.2, 0.25) is 0 Å². The van der Waals surface area contributed by atoms with E-state index in [2.05, 4.69) is 35.3 Å². The Morgan fingerprint density at radius 2 is 2.17 bits per heavy atom. The van der Waals surface area contributed by atoms with Crippen LogP contribution in [0.15, 0.2) is 30.1 Å². The highest BCUT2D eigenvalue weighted by atomic mass is 16.5. The van der Waals surface area contributed by atoms with Crippen LogP contribution in [0.4, 0.5) is 0 Å². The van der Waals surface area contributed by atoms with Crippen LogP contribution < -0.4 is 0 Å². The molecule has 0 aliphatic carbocycles. The van der Waals surface area contributed by atoms with E-state index in [0.29, 0.717) is 12.0 Å². The summed E-state index contributed by atoms with van der Waals surface area (Å²) in [5.74, 6) is 0.958. The Morgan fingerprint density at radius 1 is 1.48 bits per heavy atom. The topological polar surface area (TPSA) is 58.2 Å². The summed E-state index contributed by atoms with van der Waals surface area (Å²) in [5, 5.41) is 0. The summed E-state index contributed by atoms with van der Waals surface area (Å²) in [4.78, 5) is 21.8. The van der Waals surface area contributed by atoms with Gasteiger partial charge in [-0.25, -0.2) is 4.98 Å². The first kappa shape index (κ1) is 19.2. The average Bonchev–Trinajstić information content (AvgIpc) is 2.98. The van der Waals surface area contributed by atoms with Gasteiger partial charge >= 0.3 is 0 Å². The summed E-state index contributed by atoms with van der Waals surface area (Å²) >= 11 is 0. The minimum absolute atomic E-state index is 0.0121. The van der Waals surface area contributed by atoms with Crippen LogP contribution >= 0.6 is 0 Å². The minimum Gasteiger partial charge on any atom is -0.377 e. The molecule has 1 aromatic heterocycles. The van der Waals surface area contributed by atoms with E-state index in [-0.39, 0.29) is 18.4 Å². The van der Waals surface area contributed by atoms with Crippen molar-refractivity contribution in [3.05, 3.63) is 41.6 Å². The Hall–Kier alpha value is -1.88. The van der Waals surface area contributed by atoms with E-state index >= 15 is 0 Å². The number of H-pyrrole nitrogens is 1. The maximum absolute atomic E-state index is 11.7. The first-order valence-corrected chi connectivity index (χ1v) is 8.09. The molecule has 1 atom stereocenters. The number of nitrogens with zero attached hydrogens (tertiary/aromatic N) is 2. The van der Waals surface area contributed by atoms with E-state index in [0.717, 1.165) is 30.2 Å². The highest BCUT2D eigenvalue weighted by Gasteiger charge is 2.19. The van der Waals surface area contributed by atoms with Gasteiger partial charge in [0, 0.05) is 37.7 Å². The Balaban J connectivity index is 2.82. The van der Waals surface area contributed by atoms with Crippen molar-refractivity contribution in [2.24, 2.45) is 0 Å². The van der Waals surface area contributed by atoms with Crippen LogP contribution in [-0.4, -0.2) is 40.9 Å². The van der Waals surface area contributed by atoms with Crippen molar-refractivity contribution in [2.75, 3.05) is 20.3 Å². The molecule has 23 heavy (non-hydrogen) atoms. The van der Waals surface area contributed by atoms with E-state index in [1.165, 1.54) is 7.11 Å². The van der Waals surface area contributed by atoms with Crippen molar-refractivity contribution >= 4 is 5.78 Å². The van der Waals surface area contributed by atoms with E-state index in [1.54, 1.807) is 0 Å². The number of ether oxygens (including phenoxy) is 1. The van der Waals surface area contributed by atoms with Gasteiger partial charge in [-0.15, -0.1) is 0 Å². The van der Waals surface area contributed by atoms with Crippen LogP contribution in [0.2, 0.25) is 0 Å². The van der Waals surface area contributed by atoms with Crippen molar-refractivity contribution in [3.63, 3.8) is 0 Å². The summed E-state index contributed by atoms with van der Waals surface area (Å²) in [7, 11) is 1.53. The van der Waals surface area contributed by atoms with Crippen LogP contribution in [0.25, 0.3) is 0 Å². The normalized spacial score (nSPS) is 13.0. The highest BCUT2D eigenvalue weighted by molar-refractivity contribution is 5.95. The zero-order chi connectivity index (χ0) is 17.4. The molecule has 0 spiro atoms. The molecule has 0 bridgehead atoms. The van der Waals surface area contributed by atoms with Gasteiger partial charge < -0.3 is 14.6 Å². The van der Waals surface area contributed by atoms with Gasteiger partial charge in [0.15, 0.2) is 5.78 Å². The summed E-state index contributed by atoms with van der Waals surface area (Å²) in [6, 6.07) is 0.200. The van der Waals surface area contributed by atoms with Gasteiger partial charge in [0.05, 0.1) is 6.04 Å². The molecular weight excluding hydrogens is 290 g/mol. The lowest BCUT2D eigenvalue weighted by atomic mass is 10.1. The summed E-state index contributed by atoms with van der Waals surface area (Å²) in [5.41, 5.74) is 2.76. The number of methoxy groups -OCH3 is 1. The number of rotatable bonds is 10. The lowest BCUT2D eigenvalue weighted by molar-refractivity contribution is -0.118. The minimum atomic E-state index is 0.0121. The number of allylic oxidation sites excluding steroid dienone is 2. The van der Waals surface area contributed by atoms with Crippen molar-refractivity contribution in [1.82, 2.24) is 14.9 Å². The zero-order valence-corrected chi connectivity index (χ0v) is 15.0. The standard InChI is InChI=1S/C18H29N3O2/c1-7-16(21(8-2)13(3)4)18-19-11-15(20-18)10-9-14(5)17(22)12-23-6/h9,11,16H,3,7-8,10,12H2,1-2,4-6H3,(H,19,20)/b14-9+/t16-/m0/s1. The SMILES string of the molecule is C=C(C)N(CC)[C@@H](CC)c1ncc(C/C=C(\C)C(=O)COC)[nH]1. The van der Waals surface area contributed by atoms with Crippen molar-refractivity contribution in [2.45, 2.75) is 46.6 Å². The van der Waals surface area contributed by atoms with E-state index in [9.17, 15) is 4.79 Å². The molecule has 5 heteroatoms. The maximum atomic E-state index is 11.7. The fourth-order valence-electron chi connectivity index (χ4n) is 2.59. The predicted molar refractivity (Wildman–Crippen MR) is 93.2 cm³/mol. The first-order valence-electron chi connectivity index (χ1n) is 8.09. The Labute approximate surface area is 139 Å². The number of aromatic nitrogens is 2. The first-order chi connectivity index (χ1) is 10.9. The molecule has 1 rings (SSSR count). The van der Waals surface area contributed by atoms with Gasteiger partial charge in [0.25, 0.3) is 0 Å².